The summed E-state index contributed by atoms with van der Waals surface area (Å²) in [5, 5.41) is 13.3. The molecule has 0 aromatic heterocycles. The summed E-state index contributed by atoms with van der Waals surface area (Å²) in [7, 11) is 0. The fourth-order valence-corrected chi connectivity index (χ4v) is 2.16. The number of carboxylic acid groups (broad SMARTS) is 1. The second-order valence-corrected chi connectivity index (χ2v) is 8.30. The van der Waals surface area contributed by atoms with E-state index < -0.39 is 23.5 Å². The van der Waals surface area contributed by atoms with Crippen molar-refractivity contribution >= 4 is 18.0 Å². The number of hydrogen-bond donors (Lipinski definition) is 4. The first-order chi connectivity index (χ1) is 17.9. The molecule has 38 heavy (non-hydrogen) atoms. The maximum absolute atomic E-state index is 12.7. The Bertz CT molecular complexity index is 1170. The summed E-state index contributed by atoms with van der Waals surface area (Å²) in [5.74, 6) is 6.84. The van der Waals surface area contributed by atoms with Gasteiger partial charge in [-0.05, 0) is 63.6 Å². The van der Waals surface area contributed by atoms with Gasteiger partial charge in [0.2, 0.25) is 0 Å². The lowest BCUT2D eigenvalue weighted by Crippen LogP contribution is -2.35. The second-order valence-electron chi connectivity index (χ2n) is 8.30. The zero-order valence-electron chi connectivity index (χ0n) is 21.9. The van der Waals surface area contributed by atoms with Gasteiger partial charge in [0.1, 0.15) is 17.2 Å². The van der Waals surface area contributed by atoms with Crippen molar-refractivity contribution < 1.29 is 33.0 Å². The van der Waals surface area contributed by atoms with Crippen molar-refractivity contribution in [1.29, 1.82) is 0 Å². The average molecular weight is 530 g/mol. The average Bonchev–Trinajstić information content (AvgIpc) is 2.83. The Kier molecular flexibility index (Phi) is 16.6. The van der Waals surface area contributed by atoms with Gasteiger partial charge in [-0.3, -0.25) is 4.79 Å². The predicted octanol–water partition coefficient (Wildman–Crippen LogP) is 3.44. The molecule has 0 unspecified atom stereocenters. The third kappa shape index (κ3) is 19.8. The molecule has 0 heterocycles. The van der Waals surface area contributed by atoms with Gasteiger partial charge < -0.3 is 26.2 Å². The molecule has 0 atom stereocenters. The van der Waals surface area contributed by atoms with Gasteiger partial charge in [-0.15, -0.1) is 0 Å². The first-order valence-electron chi connectivity index (χ1n) is 11.6. The van der Waals surface area contributed by atoms with Crippen LogP contribution in [0.15, 0.2) is 48.5 Å². The summed E-state index contributed by atoms with van der Waals surface area (Å²) >= 11 is 0. The number of aliphatic carboxylic acids is 1. The van der Waals surface area contributed by atoms with Crippen LogP contribution >= 0.6 is 0 Å². The number of halogens is 2. The summed E-state index contributed by atoms with van der Waals surface area (Å²) in [6.07, 6.45) is 0.455. The van der Waals surface area contributed by atoms with E-state index in [2.05, 4.69) is 28.4 Å². The van der Waals surface area contributed by atoms with Gasteiger partial charge in [0, 0.05) is 42.6 Å². The molecule has 2 amide bonds. The van der Waals surface area contributed by atoms with E-state index >= 15 is 0 Å². The monoisotopic (exact) mass is 529 g/mol. The van der Waals surface area contributed by atoms with Gasteiger partial charge >= 0.3 is 12.1 Å². The Balaban J connectivity index is 0.000000549. The highest BCUT2D eigenvalue weighted by atomic mass is 19.1. The van der Waals surface area contributed by atoms with Gasteiger partial charge in [0.05, 0.1) is 0 Å². The number of nitrogens with two attached hydrogens (primary N) is 1. The highest BCUT2D eigenvalue weighted by molar-refractivity contribution is 5.94. The molecule has 0 aliphatic carbocycles. The molecule has 0 spiro atoms. The Morgan fingerprint density at radius 2 is 1.45 bits per heavy atom. The summed E-state index contributed by atoms with van der Waals surface area (Å²) in [4.78, 5) is 31.9. The maximum atomic E-state index is 12.7. The molecule has 2 aromatic rings. The van der Waals surface area contributed by atoms with Crippen molar-refractivity contribution in [3.8, 4) is 23.7 Å². The Labute approximate surface area is 222 Å². The molecule has 0 fully saturated rings. The van der Waals surface area contributed by atoms with Crippen LogP contribution in [0, 0.1) is 35.3 Å². The molecule has 0 radical (unpaired) electrons. The predicted molar refractivity (Wildman–Crippen MR) is 141 cm³/mol. The Hall–Kier alpha value is -4.41. The highest BCUT2D eigenvalue weighted by Gasteiger charge is 2.14. The lowest BCUT2D eigenvalue weighted by molar-refractivity contribution is -0.130. The minimum absolute atomic E-state index is 0.332. The third-order valence-corrected chi connectivity index (χ3v) is 3.63. The lowest BCUT2D eigenvalue weighted by Gasteiger charge is -2.19. The topological polar surface area (TPSA) is 131 Å². The number of benzene rings is 2. The fourth-order valence-electron chi connectivity index (χ4n) is 2.16. The van der Waals surface area contributed by atoms with E-state index in [0.29, 0.717) is 30.8 Å². The van der Waals surface area contributed by atoms with E-state index in [1.807, 2.05) is 33.6 Å². The molecular formula is C28H33F2N3O5. The van der Waals surface area contributed by atoms with E-state index in [0.717, 1.165) is 6.42 Å². The van der Waals surface area contributed by atoms with Crippen LogP contribution in [0.25, 0.3) is 0 Å². The number of hydrogen-bond acceptors (Lipinski definition) is 5. The molecule has 0 aliphatic heterocycles. The molecule has 204 valence electrons. The molecule has 0 aliphatic rings. The quantitative estimate of drug-likeness (QED) is 0.449. The van der Waals surface area contributed by atoms with Crippen molar-refractivity contribution in [3.63, 3.8) is 0 Å². The van der Waals surface area contributed by atoms with Gasteiger partial charge in [-0.25, -0.2) is 18.4 Å². The van der Waals surface area contributed by atoms with Crippen molar-refractivity contribution in [2.45, 2.75) is 39.7 Å². The number of ether oxygens (including phenoxy) is 1. The molecule has 10 heteroatoms. The van der Waals surface area contributed by atoms with Crippen LogP contribution in [0.3, 0.4) is 0 Å². The van der Waals surface area contributed by atoms with E-state index in [9.17, 15) is 23.2 Å². The Morgan fingerprint density at radius 3 is 1.87 bits per heavy atom. The van der Waals surface area contributed by atoms with Crippen LogP contribution in [0.4, 0.5) is 13.6 Å². The minimum Gasteiger partial charge on any atom is -0.472 e. The van der Waals surface area contributed by atoms with Crippen LogP contribution in [0.1, 0.15) is 45.2 Å². The number of carboxylic acids is 1. The number of amides is 2. The Morgan fingerprint density at radius 1 is 0.921 bits per heavy atom. The minimum atomic E-state index is -1.22. The molecule has 0 saturated carbocycles. The summed E-state index contributed by atoms with van der Waals surface area (Å²) in [6, 6.07) is 11.3. The highest BCUT2D eigenvalue weighted by Crippen LogP contribution is 2.06. The molecule has 8 nitrogen and oxygen atoms in total. The first kappa shape index (κ1) is 33.6. The van der Waals surface area contributed by atoms with Gasteiger partial charge in [0.15, 0.2) is 0 Å². The second kappa shape index (κ2) is 18.8. The number of nitrogens with one attached hydrogen (secondary N) is 2. The normalized spacial score (nSPS) is 9.34. The van der Waals surface area contributed by atoms with E-state index in [4.69, 9.17) is 15.6 Å². The summed E-state index contributed by atoms with van der Waals surface area (Å²) in [5.41, 5.74) is 5.60. The van der Waals surface area contributed by atoms with Crippen LogP contribution in [0.5, 0.6) is 0 Å². The van der Waals surface area contributed by atoms with Crippen LogP contribution in [-0.2, 0) is 14.3 Å². The van der Waals surface area contributed by atoms with E-state index in [1.54, 1.807) is 18.2 Å². The maximum Gasteiger partial charge on any atom is 0.407 e. The van der Waals surface area contributed by atoms with Gasteiger partial charge in [-0.1, -0.05) is 30.9 Å². The van der Waals surface area contributed by atoms with Crippen LogP contribution < -0.4 is 16.4 Å². The molecule has 0 bridgehead atoms. The van der Waals surface area contributed by atoms with Crippen LogP contribution in [-0.4, -0.2) is 48.3 Å². The summed E-state index contributed by atoms with van der Waals surface area (Å²) < 4.78 is 30.1. The SMILES string of the molecule is CC(C)(C)OC(=O)NCCN.CCCNC(=O)C#Cc1cccc(F)c1.O=C(O)C#Cc1cccc(F)c1. The van der Waals surface area contributed by atoms with Crippen molar-refractivity contribution in [3.05, 3.63) is 71.3 Å². The summed E-state index contributed by atoms with van der Waals surface area (Å²) in [6.45, 7) is 8.89. The van der Waals surface area contributed by atoms with Gasteiger partial charge in [-0.2, -0.15) is 0 Å². The van der Waals surface area contributed by atoms with Crippen LogP contribution in [0.2, 0.25) is 0 Å². The molecule has 2 aromatic carbocycles. The first-order valence-corrected chi connectivity index (χ1v) is 11.6. The van der Waals surface area contributed by atoms with Gasteiger partial charge in [0.25, 0.3) is 5.91 Å². The number of rotatable bonds is 4. The lowest BCUT2D eigenvalue weighted by atomic mass is 10.2. The van der Waals surface area contributed by atoms with Crippen molar-refractivity contribution in [1.82, 2.24) is 10.6 Å². The third-order valence-electron chi connectivity index (χ3n) is 3.63. The van der Waals surface area contributed by atoms with Crippen molar-refractivity contribution in [2.24, 2.45) is 5.73 Å². The number of carbonyl (C=O) groups is 3. The van der Waals surface area contributed by atoms with E-state index in [-0.39, 0.29) is 11.7 Å². The smallest absolute Gasteiger partial charge is 0.407 e. The molecular weight excluding hydrogens is 496 g/mol. The zero-order chi connectivity index (χ0) is 29.0. The molecule has 0 saturated heterocycles. The standard InChI is InChI=1S/C12H12FNO.C9H5FO2.C7H16N2O2/c1-2-8-14-12(15)7-6-10-4-3-5-11(13)9-10;10-8-3-1-2-7(6-8)4-5-9(11)12;1-7(2,3)11-6(10)9-5-4-8/h3-5,9H,2,8H2,1H3,(H,14,15);1-3,6H,(H,11,12);4-5,8H2,1-3H3,(H,9,10). The zero-order valence-corrected chi connectivity index (χ0v) is 21.9. The number of alkyl carbamates (subject to hydrolysis) is 1. The van der Waals surface area contributed by atoms with E-state index in [1.165, 1.54) is 30.3 Å². The number of carbonyl (C=O) groups excluding carboxylic acids is 2. The largest absolute Gasteiger partial charge is 0.472 e. The fraction of sp³-hybridized carbons (Fsp3) is 0.321. The van der Waals surface area contributed by atoms with Crippen molar-refractivity contribution in [2.75, 3.05) is 19.6 Å². The molecule has 5 N–H and O–H groups in total. The molecule has 2 rings (SSSR count).